The van der Waals surface area contributed by atoms with Gasteiger partial charge in [0.25, 0.3) is 5.89 Å². The molecule has 1 aliphatic heterocycles. The highest BCUT2D eigenvalue weighted by Gasteiger charge is 2.13. The quantitative estimate of drug-likeness (QED) is 0.487. The summed E-state index contributed by atoms with van der Waals surface area (Å²) in [4.78, 5) is 16.1. The van der Waals surface area contributed by atoms with Crippen molar-refractivity contribution in [2.24, 2.45) is 0 Å². The van der Waals surface area contributed by atoms with E-state index in [1.54, 1.807) is 42.5 Å². The van der Waals surface area contributed by atoms with Gasteiger partial charge in [0, 0.05) is 16.7 Å². The first-order chi connectivity index (χ1) is 13.2. The summed E-state index contributed by atoms with van der Waals surface area (Å²) in [6, 6.07) is 12.4. The molecule has 0 N–H and O–H groups in total. The number of rotatable bonds is 5. The van der Waals surface area contributed by atoms with Crippen molar-refractivity contribution in [1.82, 2.24) is 10.1 Å². The summed E-state index contributed by atoms with van der Waals surface area (Å²) in [6.45, 7) is 0.0732. The zero-order valence-corrected chi connectivity index (χ0v) is 14.7. The summed E-state index contributed by atoms with van der Waals surface area (Å²) in [7, 11) is 0. The van der Waals surface area contributed by atoms with Gasteiger partial charge in [-0.2, -0.15) is 4.98 Å². The average molecular weight is 385 g/mol. The Hall–Kier alpha value is -3.32. The Morgan fingerprint density at radius 1 is 1.19 bits per heavy atom. The van der Waals surface area contributed by atoms with Crippen LogP contribution in [0.5, 0.6) is 11.5 Å². The first-order valence-corrected chi connectivity index (χ1v) is 8.38. The van der Waals surface area contributed by atoms with E-state index in [4.69, 9.17) is 30.3 Å². The van der Waals surface area contributed by atoms with Crippen LogP contribution in [0.1, 0.15) is 11.5 Å². The van der Waals surface area contributed by atoms with Gasteiger partial charge < -0.3 is 18.7 Å². The topological polar surface area (TPSA) is 83.7 Å². The van der Waals surface area contributed by atoms with Gasteiger partial charge in [-0.1, -0.05) is 35.0 Å². The molecule has 2 heterocycles. The number of carbonyl (C=O) groups is 1. The Morgan fingerprint density at radius 2 is 2.07 bits per heavy atom. The lowest BCUT2D eigenvalue weighted by molar-refractivity contribution is -0.139. The maximum atomic E-state index is 11.9. The molecule has 27 heavy (non-hydrogen) atoms. The van der Waals surface area contributed by atoms with E-state index >= 15 is 0 Å². The highest BCUT2D eigenvalue weighted by Crippen LogP contribution is 2.32. The van der Waals surface area contributed by atoms with Gasteiger partial charge in [0.05, 0.1) is 0 Å². The molecule has 1 aliphatic rings. The molecule has 0 unspecified atom stereocenters. The van der Waals surface area contributed by atoms with Gasteiger partial charge >= 0.3 is 5.97 Å². The van der Waals surface area contributed by atoms with Crippen molar-refractivity contribution in [3.63, 3.8) is 0 Å². The Morgan fingerprint density at radius 3 is 2.96 bits per heavy atom. The maximum absolute atomic E-state index is 11.9. The van der Waals surface area contributed by atoms with Crippen molar-refractivity contribution in [3.8, 4) is 22.9 Å². The molecule has 0 amide bonds. The third-order valence-electron chi connectivity index (χ3n) is 3.70. The van der Waals surface area contributed by atoms with Crippen LogP contribution in [-0.4, -0.2) is 22.9 Å². The molecule has 1 aromatic heterocycles. The van der Waals surface area contributed by atoms with E-state index in [0.717, 1.165) is 5.56 Å². The van der Waals surface area contributed by atoms with Crippen LogP contribution in [-0.2, 0) is 16.1 Å². The number of esters is 1. The lowest BCUT2D eigenvalue weighted by atomic mass is 10.2. The van der Waals surface area contributed by atoms with E-state index in [0.29, 0.717) is 27.9 Å². The van der Waals surface area contributed by atoms with Crippen LogP contribution in [0.15, 0.2) is 53.1 Å². The highest BCUT2D eigenvalue weighted by atomic mass is 35.5. The molecule has 0 saturated carbocycles. The van der Waals surface area contributed by atoms with E-state index < -0.39 is 5.97 Å². The number of hydrogen-bond donors (Lipinski definition) is 0. The summed E-state index contributed by atoms with van der Waals surface area (Å²) in [5, 5.41) is 4.42. The second kappa shape index (κ2) is 7.51. The van der Waals surface area contributed by atoms with Gasteiger partial charge in [0.1, 0.15) is 0 Å². The normalized spacial score (nSPS) is 12.5. The molecule has 4 rings (SSSR count). The van der Waals surface area contributed by atoms with Crippen molar-refractivity contribution >= 4 is 23.6 Å². The fourth-order valence-electron chi connectivity index (χ4n) is 2.42. The van der Waals surface area contributed by atoms with Gasteiger partial charge in [-0.15, -0.1) is 0 Å². The van der Waals surface area contributed by atoms with Gasteiger partial charge in [-0.05, 0) is 35.9 Å². The molecule has 136 valence electrons. The zero-order chi connectivity index (χ0) is 18.6. The van der Waals surface area contributed by atoms with Crippen LogP contribution >= 0.6 is 11.6 Å². The largest absolute Gasteiger partial charge is 0.454 e. The lowest BCUT2D eigenvalue weighted by Gasteiger charge is -1.98. The van der Waals surface area contributed by atoms with Gasteiger partial charge in [0.2, 0.25) is 12.6 Å². The summed E-state index contributed by atoms with van der Waals surface area (Å²) >= 11 is 5.94. The van der Waals surface area contributed by atoms with Crippen molar-refractivity contribution in [1.29, 1.82) is 0 Å². The van der Waals surface area contributed by atoms with E-state index in [-0.39, 0.29) is 19.3 Å². The molecule has 0 fully saturated rings. The zero-order valence-electron chi connectivity index (χ0n) is 13.9. The Labute approximate surface area is 159 Å². The predicted octanol–water partition coefficient (Wildman–Crippen LogP) is 3.88. The van der Waals surface area contributed by atoms with Crippen molar-refractivity contribution < 1.29 is 23.5 Å². The summed E-state index contributed by atoms with van der Waals surface area (Å²) < 4.78 is 20.7. The van der Waals surface area contributed by atoms with Gasteiger partial charge in [-0.25, -0.2) is 4.79 Å². The minimum Gasteiger partial charge on any atom is -0.454 e. The van der Waals surface area contributed by atoms with Crippen LogP contribution in [0, 0.1) is 0 Å². The predicted molar refractivity (Wildman–Crippen MR) is 96.1 cm³/mol. The molecule has 0 atom stereocenters. The summed E-state index contributed by atoms with van der Waals surface area (Å²) in [6.07, 6.45) is 2.93. The van der Waals surface area contributed by atoms with Crippen molar-refractivity contribution in [2.75, 3.05) is 6.79 Å². The van der Waals surface area contributed by atoms with Crippen LogP contribution in [0.25, 0.3) is 17.5 Å². The number of halogens is 1. The molecular formula is C19H13ClN2O5. The van der Waals surface area contributed by atoms with Crippen LogP contribution in [0.2, 0.25) is 5.02 Å². The molecule has 2 aromatic carbocycles. The Kier molecular flexibility index (Phi) is 4.76. The standard InChI is InChI=1S/C19H13ClN2O5/c20-14-3-1-2-13(9-14)19-21-17(27-22-19)10-24-18(23)7-5-12-4-6-15-16(8-12)26-11-25-15/h1-9H,10-11H2/b7-5+. The van der Waals surface area contributed by atoms with Crippen LogP contribution < -0.4 is 9.47 Å². The summed E-state index contributed by atoms with van der Waals surface area (Å²) in [5.41, 5.74) is 1.50. The van der Waals surface area contributed by atoms with Gasteiger partial charge in [0.15, 0.2) is 18.1 Å². The third-order valence-corrected chi connectivity index (χ3v) is 3.93. The number of carbonyl (C=O) groups excluding carboxylic acids is 1. The molecule has 3 aromatic rings. The first-order valence-electron chi connectivity index (χ1n) is 8.00. The number of ether oxygens (including phenoxy) is 3. The Balaban J connectivity index is 1.34. The highest BCUT2D eigenvalue weighted by molar-refractivity contribution is 6.30. The van der Waals surface area contributed by atoms with E-state index in [1.165, 1.54) is 6.08 Å². The first kappa shape index (κ1) is 17.1. The van der Waals surface area contributed by atoms with E-state index in [9.17, 15) is 4.79 Å². The molecule has 0 bridgehead atoms. The molecule has 0 spiro atoms. The van der Waals surface area contributed by atoms with Crippen LogP contribution in [0.4, 0.5) is 0 Å². The van der Waals surface area contributed by atoms with E-state index in [1.807, 2.05) is 6.07 Å². The molecule has 0 saturated heterocycles. The minimum atomic E-state index is -0.532. The van der Waals surface area contributed by atoms with Crippen LogP contribution in [0.3, 0.4) is 0 Å². The maximum Gasteiger partial charge on any atom is 0.331 e. The fraction of sp³-hybridized carbons (Fsp3) is 0.105. The van der Waals surface area contributed by atoms with E-state index in [2.05, 4.69) is 10.1 Å². The fourth-order valence-corrected chi connectivity index (χ4v) is 2.61. The monoisotopic (exact) mass is 384 g/mol. The smallest absolute Gasteiger partial charge is 0.331 e. The number of hydrogen-bond acceptors (Lipinski definition) is 7. The molecule has 8 heteroatoms. The van der Waals surface area contributed by atoms with Crippen molar-refractivity contribution in [2.45, 2.75) is 6.61 Å². The lowest BCUT2D eigenvalue weighted by Crippen LogP contribution is -2.01. The molecular weight excluding hydrogens is 372 g/mol. The second-order valence-electron chi connectivity index (χ2n) is 5.58. The SMILES string of the molecule is O=C(/C=C/c1ccc2c(c1)OCO2)OCc1nc(-c2cccc(Cl)c2)no1. The Bertz CT molecular complexity index is 1010. The number of aromatic nitrogens is 2. The van der Waals surface area contributed by atoms with Crippen molar-refractivity contribution in [3.05, 3.63) is 65.0 Å². The number of benzene rings is 2. The molecule has 0 radical (unpaired) electrons. The molecule has 7 nitrogen and oxygen atoms in total. The average Bonchev–Trinajstić information content (AvgIpc) is 3.33. The number of fused-ring (bicyclic) bond motifs is 1. The van der Waals surface area contributed by atoms with Gasteiger partial charge in [-0.3, -0.25) is 0 Å². The molecule has 0 aliphatic carbocycles. The third kappa shape index (κ3) is 4.09. The minimum absolute atomic E-state index is 0.127. The number of nitrogens with zero attached hydrogens (tertiary/aromatic N) is 2. The second-order valence-corrected chi connectivity index (χ2v) is 6.01. The summed E-state index contributed by atoms with van der Waals surface area (Å²) in [5.74, 6) is 1.36.